The highest BCUT2D eigenvalue weighted by atomic mass is 32.2. The number of hydrogen-bond acceptors (Lipinski definition) is 4. The Kier molecular flexibility index (Phi) is 4.57. The maximum absolute atomic E-state index is 13.0. The van der Waals surface area contributed by atoms with Crippen LogP contribution in [0.25, 0.3) is 0 Å². The summed E-state index contributed by atoms with van der Waals surface area (Å²) in [5.74, 6) is -0.522. The van der Waals surface area contributed by atoms with Crippen molar-refractivity contribution in [3.8, 4) is 6.07 Å². The number of primary amides is 1. The number of carbonyl (C=O) groups is 1. The zero-order valence-corrected chi connectivity index (χ0v) is 14.2. The summed E-state index contributed by atoms with van der Waals surface area (Å²) in [5.41, 5.74) is 6.69. The first-order valence-electron chi connectivity index (χ1n) is 7.82. The van der Waals surface area contributed by atoms with Crippen LogP contribution in [0.15, 0.2) is 53.4 Å². The number of benzene rings is 2. The molecule has 0 spiro atoms. The first-order valence-corrected chi connectivity index (χ1v) is 9.26. The van der Waals surface area contributed by atoms with Crippen molar-refractivity contribution in [1.82, 2.24) is 4.31 Å². The monoisotopic (exact) mass is 355 g/mol. The van der Waals surface area contributed by atoms with Gasteiger partial charge in [-0.15, -0.1) is 0 Å². The van der Waals surface area contributed by atoms with Gasteiger partial charge >= 0.3 is 0 Å². The van der Waals surface area contributed by atoms with Crippen LogP contribution in [0, 0.1) is 11.3 Å². The van der Waals surface area contributed by atoms with E-state index < -0.39 is 15.9 Å². The molecule has 128 valence electrons. The molecule has 0 atom stereocenters. The van der Waals surface area contributed by atoms with Crippen LogP contribution in [-0.4, -0.2) is 24.7 Å². The van der Waals surface area contributed by atoms with Gasteiger partial charge in [-0.3, -0.25) is 4.79 Å². The average molecular weight is 355 g/mol. The van der Waals surface area contributed by atoms with Gasteiger partial charge in [-0.25, -0.2) is 8.42 Å². The smallest absolute Gasteiger partial charge is 0.248 e. The first-order chi connectivity index (χ1) is 11.9. The quantitative estimate of drug-likeness (QED) is 0.856. The Labute approximate surface area is 146 Å². The van der Waals surface area contributed by atoms with E-state index in [4.69, 9.17) is 11.0 Å². The fourth-order valence-electron chi connectivity index (χ4n) is 2.59. The fraction of sp³-hybridized carbons (Fsp3) is 0.222. The lowest BCUT2D eigenvalue weighted by molar-refractivity contribution is 0.1000. The highest BCUT2D eigenvalue weighted by Gasteiger charge is 2.38. The molecule has 25 heavy (non-hydrogen) atoms. The predicted molar refractivity (Wildman–Crippen MR) is 91.9 cm³/mol. The lowest BCUT2D eigenvalue weighted by atomic mass is 10.1. The van der Waals surface area contributed by atoms with E-state index >= 15 is 0 Å². The minimum atomic E-state index is -3.70. The number of nitrogens with two attached hydrogens (primary N) is 1. The standard InChI is InChI=1S/C18H17N3O3S/c19-11-14-2-1-3-17(10-14)25(23,24)21(16-8-9-16)12-13-4-6-15(7-5-13)18(20)22/h1-7,10,16H,8-9,12H2,(H2,20,22). The van der Waals surface area contributed by atoms with Gasteiger partial charge in [0.2, 0.25) is 15.9 Å². The second-order valence-electron chi connectivity index (χ2n) is 5.98. The first kappa shape index (κ1) is 17.1. The Morgan fingerprint density at radius 2 is 1.88 bits per heavy atom. The van der Waals surface area contributed by atoms with Gasteiger partial charge in [-0.1, -0.05) is 18.2 Å². The third-order valence-electron chi connectivity index (χ3n) is 4.10. The number of nitriles is 1. The number of amides is 1. The summed E-state index contributed by atoms with van der Waals surface area (Å²) in [6.07, 6.45) is 1.63. The molecule has 1 saturated carbocycles. The summed E-state index contributed by atoms with van der Waals surface area (Å²) < 4.78 is 27.5. The minimum absolute atomic E-state index is 0.0356. The van der Waals surface area contributed by atoms with E-state index in [1.807, 2.05) is 6.07 Å². The molecule has 1 aliphatic carbocycles. The van der Waals surface area contributed by atoms with E-state index in [1.54, 1.807) is 36.4 Å². The predicted octanol–water partition coefficient (Wildman–Crippen LogP) is 2.01. The van der Waals surface area contributed by atoms with Crippen LogP contribution in [0.5, 0.6) is 0 Å². The molecule has 2 aromatic rings. The van der Waals surface area contributed by atoms with Crippen LogP contribution in [0.2, 0.25) is 0 Å². The molecular weight excluding hydrogens is 338 g/mol. The van der Waals surface area contributed by atoms with E-state index in [0.29, 0.717) is 11.1 Å². The lowest BCUT2D eigenvalue weighted by Crippen LogP contribution is -2.32. The van der Waals surface area contributed by atoms with Gasteiger partial charge in [0.25, 0.3) is 0 Å². The number of carbonyl (C=O) groups excluding carboxylic acids is 1. The van der Waals surface area contributed by atoms with Gasteiger partial charge < -0.3 is 5.73 Å². The zero-order chi connectivity index (χ0) is 18.0. The van der Waals surface area contributed by atoms with E-state index in [9.17, 15) is 13.2 Å². The van der Waals surface area contributed by atoms with Gasteiger partial charge in [0, 0.05) is 18.2 Å². The van der Waals surface area contributed by atoms with E-state index in [2.05, 4.69) is 0 Å². The van der Waals surface area contributed by atoms with Crippen LogP contribution >= 0.6 is 0 Å². The van der Waals surface area contributed by atoms with Crippen molar-refractivity contribution in [2.45, 2.75) is 30.3 Å². The van der Waals surface area contributed by atoms with Gasteiger partial charge in [-0.2, -0.15) is 9.57 Å². The number of rotatable bonds is 6. The molecule has 1 fully saturated rings. The molecular formula is C18H17N3O3S. The van der Waals surface area contributed by atoms with Crippen molar-refractivity contribution >= 4 is 15.9 Å². The Bertz CT molecular complexity index is 942. The summed E-state index contributed by atoms with van der Waals surface area (Å²) >= 11 is 0. The third-order valence-corrected chi connectivity index (χ3v) is 6.00. The second kappa shape index (κ2) is 6.67. The molecule has 6 nitrogen and oxygen atoms in total. The summed E-state index contributed by atoms with van der Waals surface area (Å²) in [6, 6.07) is 14.5. The summed E-state index contributed by atoms with van der Waals surface area (Å²) in [6.45, 7) is 0.211. The Morgan fingerprint density at radius 3 is 2.44 bits per heavy atom. The van der Waals surface area contributed by atoms with Gasteiger partial charge in [0.05, 0.1) is 16.5 Å². The highest BCUT2D eigenvalue weighted by molar-refractivity contribution is 7.89. The van der Waals surface area contributed by atoms with Crippen molar-refractivity contribution in [3.05, 3.63) is 65.2 Å². The molecule has 0 radical (unpaired) electrons. The van der Waals surface area contributed by atoms with E-state index in [1.165, 1.54) is 16.4 Å². The van der Waals surface area contributed by atoms with Gasteiger partial charge in [0.1, 0.15) is 0 Å². The molecule has 1 amide bonds. The maximum Gasteiger partial charge on any atom is 0.248 e. The lowest BCUT2D eigenvalue weighted by Gasteiger charge is -2.22. The molecule has 3 rings (SSSR count). The number of nitrogens with zero attached hydrogens (tertiary/aromatic N) is 2. The van der Waals surface area contributed by atoms with Crippen LogP contribution in [0.3, 0.4) is 0 Å². The molecule has 0 bridgehead atoms. The molecule has 7 heteroatoms. The molecule has 2 N–H and O–H groups in total. The Hall–Kier alpha value is -2.69. The van der Waals surface area contributed by atoms with E-state index in [-0.39, 0.29) is 17.5 Å². The van der Waals surface area contributed by atoms with Gasteiger partial charge in [0.15, 0.2) is 0 Å². The van der Waals surface area contributed by atoms with E-state index in [0.717, 1.165) is 18.4 Å². The third kappa shape index (κ3) is 3.71. The normalized spacial score (nSPS) is 14.2. The van der Waals surface area contributed by atoms with Crippen molar-refractivity contribution in [2.24, 2.45) is 5.73 Å². The fourth-order valence-corrected chi connectivity index (χ4v) is 4.31. The molecule has 1 aliphatic rings. The maximum atomic E-state index is 13.0. The summed E-state index contributed by atoms with van der Waals surface area (Å²) in [5, 5.41) is 9.00. The van der Waals surface area contributed by atoms with Gasteiger partial charge in [-0.05, 0) is 48.7 Å². The molecule has 0 unspecified atom stereocenters. The SMILES string of the molecule is N#Cc1cccc(S(=O)(=O)N(Cc2ccc(C(N)=O)cc2)C2CC2)c1. The Balaban J connectivity index is 1.90. The van der Waals surface area contributed by atoms with Crippen LogP contribution < -0.4 is 5.73 Å². The highest BCUT2D eigenvalue weighted by Crippen LogP contribution is 2.33. The Morgan fingerprint density at radius 1 is 1.20 bits per heavy atom. The number of sulfonamides is 1. The molecule has 0 heterocycles. The van der Waals surface area contributed by atoms with Crippen molar-refractivity contribution in [1.29, 1.82) is 5.26 Å². The average Bonchev–Trinajstić information content (AvgIpc) is 3.44. The minimum Gasteiger partial charge on any atom is -0.366 e. The van der Waals surface area contributed by atoms with Crippen molar-refractivity contribution in [3.63, 3.8) is 0 Å². The second-order valence-corrected chi connectivity index (χ2v) is 7.87. The van der Waals surface area contributed by atoms with Crippen LogP contribution in [0.1, 0.15) is 34.3 Å². The molecule has 0 saturated heterocycles. The molecule has 2 aromatic carbocycles. The molecule has 0 aliphatic heterocycles. The number of hydrogen-bond donors (Lipinski definition) is 1. The van der Waals surface area contributed by atoms with Crippen molar-refractivity contribution in [2.75, 3.05) is 0 Å². The summed E-state index contributed by atoms with van der Waals surface area (Å²) in [7, 11) is -3.70. The largest absolute Gasteiger partial charge is 0.366 e. The summed E-state index contributed by atoms with van der Waals surface area (Å²) in [4.78, 5) is 11.3. The molecule has 0 aromatic heterocycles. The zero-order valence-electron chi connectivity index (χ0n) is 13.4. The van der Waals surface area contributed by atoms with Crippen LogP contribution in [-0.2, 0) is 16.6 Å². The van der Waals surface area contributed by atoms with Crippen LogP contribution in [0.4, 0.5) is 0 Å². The topological polar surface area (TPSA) is 104 Å². The van der Waals surface area contributed by atoms with Crippen molar-refractivity contribution < 1.29 is 13.2 Å².